The molecule has 0 spiro atoms. The monoisotopic (exact) mass is 357 g/mol. The van der Waals surface area contributed by atoms with Crippen LogP contribution >= 0.6 is 0 Å². The first-order chi connectivity index (χ1) is 12.0. The molecule has 0 aromatic heterocycles. The van der Waals surface area contributed by atoms with E-state index in [-0.39, 0.29) is 0 Å². The van der Waals surface area contributed by atoms with E-state index in [1.807, 2.05) is 30.3 Å². The molecule has 25 heavy (non-hydrogen) atoms. The van der Waals surface area contributed by atoms with Crippen LogP contribution in [0.3, 0.4) is 0 Å². The van der Waals surface area contributed by atoms with Crippen LogP contribution < -0.4 is 4.74 Å². The summed E-state index contributed by atoms with van der Waals surface area (Å²) >= 11 is 0. The van der Waals surface area contributed by atoms with Gasteiger partial charge in [0.15, 0.2) is 5.75 Å². The third-order valence-corrected chi connectivity index (χ3v) is 4.24. The lowest BCUT2D eigenvalue weighted by Gasteiger charge is -2.32. The third kappa shape index (κ3) is 3.76. The molecule has 7 heteroatoms. The Balaban J connectivity index is 1.63. The van der Waals surface area contributed by atoms with Crippen LogP contribution in [0.1, 0.15) is 18.4 Å². The highest BCUT2D eigenvalue weighted by atomic mass is 19.2. The molecule has 134 valence electrons. The van der Waals surface area contributed by atoms with E-state index in [0.717, 1.165) is 12.1 Å². The molecule has 0 bridgehead atoms. The van der Waals surface area contributed by atoms with Gasteiger partial charge >= 0.3 is 0 Å². The van der Waals surface area contributed by atoms with Crippen molar-refractivity contribution in [2.75, 3.05) is 13.1 Å². The van der Waals surface area contributed by atoms with Gasteiger partial charge in [-0.05, 0) is 18.4 Å². The molecule has 2 aromatic carbocycles. The van der Waals surface area contributed by atoms with Crippen LogP contribution in [0.4, 0.5) is 22.0 Å². The van der Waals surface area contributed by atoms with E-state index >= 15 is 0 Å². The van der Waals surface area contributed by atoms with E-state index in [1.54, 1.807) is 0 Å². The predicted octanol–water partition coefficient (Wildman–Crippen LogP) is 4.43. The number of hydrogen-bond donors (Lipinski definition) is 0. The second-order valence-electron chi connectivity index (χ2n) is 5.98. The number of likely N-dealkylation sites (tertiary alicyclic amines) is 1. The maximum atomic E-state index is 13.7. The maximum Gasteiger partial charge on any atom is 0.207 e. The number of benzene rings is 2. The van der Waals surface area contributed by atoms with Crippen LogP contribution in [-0.2, 0) is 6.54 Å². The molecule has 0 radical (unpaired) electrons. The predicted molar refractivity (Wildman–Crippen MR) is 81.6 cm³/mol. The number of halogens is 5. The molecular weight excluding hydrogens is 341 g/mol. The molecule has 0 N–H and O–H groups in total. The third-order valence-electron chi connectivity index (χ3n) is 4.24. The number of hydrogen-bond acceptors (Lipinski definition) is 2. The average molecular weight is 357 g/mol. The fourth-order valence-corrected chi connectivity index (χ4v) is 2.88. The number of nitrogens with zero attached hydrogens (tertiary/aromatic N) is 1. The van der Waals surface area contributed by atoms with Crippen LogP contribution in [0.25, 0.3) is 0 Å². The molecule has 3 rings (SSSR count). The summed E-state index contributed by atoms with van der Waals surface area (Å²) in [6.07, 6.45) is 0.277. The zero-order chi connectivity index (χ0) is 18.0. The number of piperidine rings is 1. The summed E-state index contributed by atoms with van der Waals surface area (Å²) in [6.45, 7) is 1.94. The van der Waals surface area contributed by atoms with Crippen molar-refractivity contribution in [3.05, 3.63) is 65.0 Å². The Bertz CT molecular complexity index is 716. The van der Waals surface area contributed by atoms with Gasteiger partial charge in [0.2, 0.25) is 29.1 Å². The Morgan fingerprint density at radius 3 is 1.88 bits per heavy atom. The number of rotatable bonds is 4. The maximum absolute atomic E-state index is 13.7. The van der Waals surface area contributed by atoms with Crippen LogP contribution in [0, 0.1) is 29.1 Å². The second kappa shape index (κ2) is 7.39. The van der Waals surface area contributed by atoms with E-state index < -0.39 is 40.9 Å². The smallest absolute Gasteiger partial charge is 0.207 e. The van der Waals surface area contributed by atoms with Crippen molar-refractivity contribution in [1.82, 2.24) is 4.90 Å². The minimum absolute atomic E-state index is 0.437. The van der Waals surface area contributed by atoms with Gasteiger partial charge in [0.25, 0.3) is 0 Å². The van der Waals surface area contributed by atoms with Crippen molar-refractivity contribution in [1.29, 1.82) is 0 Å². The van der Waals surface area contributed by atoms with Gasteiger partial charge in [0, 0.05) is 19.6 Å². The fraction of sp³-hybridized carbons (Fsp3) is 0.333. The van der Waals surface area contributed by atoms with Gasteiger partial charge in [-0.2, -0.15) is 8.78 Å². The molecule has 0 amide bonds. The molecule has 1 heterocycles. The molecular formula is C18H16F5NO. The molecule has 0 saturated carbocycles. The lowest BCUT2D eigenvalue weighted by atomic mass is 10.1. The van der Waals surface area contributed by atoms with Gasteiger partial charge in [0.05, 0.1) is 0 Å². The topological polar surface area (TPSA) is 12.5 Å². The molecule has 0 atom stereocenters. The zero-order valence-corrected chi connectivity index (χ0v) is 13.2. The van der Waals surface area contributed by atoms with E-state index in [4.69, 9.17) is 4.74 Å². The Hall–Kier alpha value is -2.15. The van der Waals surface area contributed by atoms with E-state index in [0.29, 0.717) is 25.9 Å². The van der Waals surface area contributed by atoms with Crippen LogP contribution in [0.5, 0.6) is 5.75 Å². The average Bonchev–Trinajstić information content (AvgIpc) is 2.64. The molecule has 1 saturated heterocycles. The molecule has 2 aromatic rings. The number of ether oxygens (including phenoxy) is 1. The quantitative estimate of drug-likeness (QED) is 0.456. The first-order valence-corrected chi connectivity index (χ1v) is 7.91. The molecule has 0 aliphatic carbocycles. The highest BCUT2D eigenvalue weighted by molar-refractivity contribution is 5.30. The van der Waals surface area contributed by atoms with E-state index in [9.17, 15) is 22.0 Å². The lowest BCUT2D eigenvalue weighted by Crippen LogP contribution is -2.38. The van der Waals surface area contributed by atoms with Crippen molar-refractivity contribution < 1.29 is 26.7 Å². The van der Waals surface area contributed by atoms with Gasteiger partial charge in [0.1, 0.15) is 6.10 Å². The SMILES string of the molecule is Fc1c(F)c(F)c(OC2CCN(Cc3ccccc3)CC2)c(F)c1F. The van der Waals surface area contributed by atoms with Crippen molar-refractivity contribution in [3.63, 3.8) is 0 Å². The Morgan fingerprint density at radius 1 is 0.800 bits per heavy atom. The van der Waals surface area contributed by atoms with Crippen molar-refractivity contribution in [3.8, 4) is 5.75 Å². The van der Waals surface area contributed by atoms with Gasteiger partial charge < -0.3 is 4.74 Å². The van der Waals surface area contributed by atoms with Crippen molar-refractivity contribution in [2.45, 2.75) is 25.5 Å². The summed E-state index contributed by atoms with van der Waals surface area (Å²) in [5.41, 5.74) is 1.14. The molecule has 1 aliphatic rings. The Morgan fingerprint density at radius 2 is 1.32 bits per heavy atom. The summed E-state index contributed by atoms with van der Waals surface area (Å²) in [6, 6.07) is 9.80. The van der Waals surface area contributed by atoms with Gasteiger partial charge in [-0.15, -0.1) is 0 Å². The first kappa shape index (κ1) is 17.7. The minimum Gasteiger partial charge on any atom is -0.484 e. The summed E-state index contributed by atoms with van der Waals surface area (Å²) in [5.74, 6) is -11.2. The van der Waals surface area contributed by atoms with Gasteiger partial charge in [-0.25, -0.2) is 13.2 Å². The van der Waals surface area contributed by atoms with Crippen LogP contribution in [-0.4, -0.2) is 24.1 Å². The van der Waals surface area contributed by atoms with E-state index in [1.165, 1.54) is 0 Å². The molecule has 1 fully saturated rings. The van der Waals surface area contributed by atoms with E-state index in [2.05, 4.69) is 4.90 Å². The lowest BCUT2D eigenvalue weighted by molar-refractivity contribution is 0.0877. The van der Waals surface area contributed by atoms with Gasteiger partial charge in [-0.1, -0.05) is 30.3 Å². The fourth-order valence-electron chi connectivity index (χ4n) is 2.88. The Kier molecular flexibility index (Phi) is 5.22. The van der Waals surface area contributed by atoms with Gasteiger partial charge in [-0.3, -0.25) is 4.90 Å². The van der Waals surface area contributed by atoms with Crippen LogP contribution in [0.2, 0.25) is 0 Å². The molecule has 2 nitrogen and oxygen atoms in total. The normalized spacial score (nSPS) is 16.2. The van der Waals surface area contributed by atoms with Crippen molar-refractivity contribution >= 4 is 0 Å². The highest BCUT2D eigenvalue weighted by Crippen LogP contribution is 2.31. The minimum atomic E-state index is -2.18. The summed E-state index contributed by atoms with van der Waals surface area (Å²) in [4.78, 5) is 2.15. The van der Waals surface area contributed by atoms with Crippen LogP contribution in [0.15, 0.2) is 30.3 Å². The second-order valence-corrected chi connectivity index (χ2v) is 5.98. The molecule has 1 aliphatic heterocycles. The molecule has 0 unspecified atom stereocenters. The van der Waals surface area contributed by atoms with Crippen molar-refractivity contribution in [2.24, 2.45) is 0 Å². The zero-order valence-electron chi connectivity index (χ0n) is 13.2. The summed E-state index contributed by atoms with van der Waals surface area (Å²) in [5, 5.41) is 0. The Labute approximate surface area is 141 Å². The highest BCUT2D eigenvalue weighted by Gasteiger charge is 2.30. The largest absolute Gasteiger partial charge is 0.484 e. The standard InChI is InChI=1S/C18H16F5NO/c19-13-14(20)16(22)18(17(23)15(13)21)25-12-6-8-24(9-7-12)10-11-4-2-1-3-5-11/h1-5,12H,6-10H2. The summed E-state index contributed by atoms with van der Waals surface area (Å²) < 4.78 is 71.9. The summed E-state index contributed by atoms with van der Waals surface area (Å²) in [7, 11) is 0. The first-order valence-electron chi connectivity index (χ1n) is 7.91.